The first-order chi connectivity index (χ1) is 24.4. The number of halogens is 5. The summed E-state index contributed by atoms with van der Waals surface area (Å²) in [4.78, 5) is 8.20. The fraction of sp³-hybridized carbons (Fsp3) is 0.200. The van der Waals surface area contributed by atoms with Crippen molar-refractivity contribution in [3.8, 4) is 23.3 Å². The van der Waals surface area contributed by atoms with Gasteiger partial charge in [0.05, 0.1) is 19.8 Å². The fourth-order valence-electron chi connectivity index (χ4n) is 6.13. The van der Waals surface area contributed by atoms with Gasteiger partial charge in [-0.1, -0.05) is 66.4 Å². The van der Waals surface area contributed by atoms with Crippen LogP contribution < -0.4 is 14.8 Å². The van der Waals surface area contributed by atoms with Crippen molar-refractivity contribution < 1.29 is 36.2 Å². The topological polar surface area (TPSA) is 65.0 Å². The zero-order valence-corrected chi connectivity index (χ0v) is 27.8. The van der Waals surface area contributed by atoms with Crippen LogP contribution in [0.15, 0.2) is 120 Å². The van der Waals surface area contributed by atoms with Gasteiger partial charge in [0, 0.05) is 35.4 Å². The molecule has 260 valence electrons. The van der Waals surface area contributed by atoms with Crippen LogP contribution in [0.3, 0.4) is 0 Å². The molecule has 6 nitrogen and oxygen atoms in total. The average molecular weight is 698 g/mol. The van der Waals surface area contributed by atoms with Gasteiger partial charge >= 0.3 is 6.18 Å². The standard InChI is InChI=1S/C40H32F5N3O3/c1-38(33-23-26(11-20-34(33)41)9-10-27-21-22-46-36(42)24-27)25-35(40(43,44)45)51-37(47-38)48-39(28-7-5-4-6-8-28,29-12-16-31(49-2)17-13-29)30-14-18-32(50-3)19-15-30/h4-8,11-24,35H,25H2,1-3H3,(H,47,48)/t35-,38-/m0/s1. The van der Waals surface area contributed by atoms with E-state index in [2.05, 4.69) is 22.1 Å². The molecule has 1 aliphatic rings. The number of amidine groups is 1. The van der Waals surface area contributed by atoms with Gasteiger partial charge in [-0.05, 0) is 72.1 Å². The molecule has 0 amide bonds. The second-order valence-electron chi connectivity index (χ2n) is 12.1. The number of hydrogen-bond donors (Lipinski definition) is 1. The number of ether oxygens (including phenoxy) is 3. The van der Waals surface area contributed by atoms with Crippen molar-refractivity contribution in [3.63, 3.8) is 0 Å². The number of pyridine rings is 1. The smallest absolute Gasteiger partial charge is 0.425 e. The van der Waals surface area contributed by atoms with Crippen molar-refractivity contribution in [1.82, 2.24) is 10.3 Å². The summed E-state index contributed by atoms with van der Waals surface area (Å²) in [6, 6.07) is 29.3. The molecule has 5 aromatic rings. The lowest BCUT2D eigenvalue weighted by Gasteiger charge is -2.42. The Hall–Kier alpha value is -5.89. The second kappa shape index (κ2) is 14.2. The Morgan fingerprint density at radius 1 is 0.765 bits per heavy atom. The van der Waals surface area contributed by atoms with Crippen LogP contribution in [0.25, 0.3) is 0 Å². The minimum atomic E-state index is -4.83. The number of rotatable bonds is 7. The van der Waals surface area contributed by atoms with Gasteiger partial charge in [-0.2, -0.15) is 17.6 Å². The molecule has 11 heteroatoms. The molecule has 1 aromatic heterocycles. The Kier molecular flexibility index (Phi) is 9.70. The minimum absolute atomic E-state index is 0.119. The molecule has 51 heavy (non-hydrogen) atoms. The number of benzene rings is 4. The third kappa shape index (κ3) is 7.36. The summed E-state index contributed by atoms with van der Waals surface area (Å²) in [5.41, 5.74) is -0.756. The van der Waals surface area contributed by atoms with E-state index >= 15 is 4.39 Å². The average Bonchev–Trinajstić information content (AvgIpc) is 3.13. The number of alkyl halides is 3. The zero-order chi connectivity index (χ0) is 36.2. The Labute approximate surface area is 292 Å². The largest absolute Gasteiger partial charge is 0.497 e. The van der Waals surface area contributed by atoms with Crippen molar-refractivity contribution >= 4 is 6.02 Å². The Bertz CT molecular complexity index is 2050. The van der Waals surface area contributed by atoms with Crippen LogP contribution in [-0.4, -0.2) is 37.5 Å². The zero-order valence-electron chi connectivity index (χ0n) is 27.8. The molecule has 0 fully saturated rings. The quantitative estimate of drug-likeness (QED) is 0.0803. The molecular formula is C40H32F5N3O3. The molecule has 0 unspecified atom stereocenters. The molecule has 2 atom stereocenters. The van der Waals surface area contributed by atoms with Crippen LogP contribution in [0.2, 0.25) is 0 Å². The summed E-state index contributed by atoms with van der Waals surface area (Å²) in [5.74, 6) is 5.26. The predicted molar refractivity (Wildman–Crippen MR) is 182 cm³/mol. The number of hydrogen-bond acceptors (Lipinski definition) is 6. The molecular weight excluding hydrogens is 665 g/mol. The number of methoxy groups -OCH3 is 2. The lowest BCUT2D eigenvalue weighted by Crippen LogP contribution is -2.54. The van der Waals surface area contributed by atoms with Crippen molar-refractivity contribution in [2.45, 2.75) is 36.7 Å². The van der Waals surface area contributed by atoms with E-state index in [-0.39, 0.29) is 5.56 Å². The SMILES string of the molecule is COc1ccc(C(NC2=N[C@](C)(c3cc(C#Cc4ccnc(F)c4)ccc3F)C[C@@H](C(F)(F)F)O2)(c2ccccc2)c2ccc(OC)cc2)cc1. The fourth-order valence-corrected chi connectivity index (χ4v) is 6.13. The van der Waals surface area contributed by atoms with Crippen molar-refractivity contribution in [1.29, 1.82) is 0 Å². The van der Waals surface area contributed by atoms with Crippen LogP contribution in [0.1, 0.15) is 46.7 Å². The first-order valence-corrected chi connectivity index (χ1v) is 15.8. The summed E-state index contributed by atoms with van der Waals surface area (Å²) in [5, 5.41) is 3.26. The minimum Gasteiger partial charge on any atom is -0.497 e. The molecule has 0 aliphatic carbocycles. The van der Waals surface area contributed by atoms with Gasteiger partial charge in [0.2, 0.25) is 5.95 Å². The number of nitrogens with zero attached hydrogens (tertiary/aromatic N) is 2. The molecule has 2 heterocycles. The monoisotopic (exact) mass is 697 g/mol. The lowest BCUT2D eigenvalue weighted by atomic mass is 9.77. The Balaban J connectivity index is 1.53. The van der Waals surface area contributed by atoms with Crippen LogP contribution in [0, 0.1) is 23.6 Å². The van der Waals surface area contributed by atoms with Gasteiger partial charge in [0.15, 0.2) is 6.10 Å². The molecule has 6 rings (SSSR count). The number of aromatic nitrogens is 1. The summed E-state index contributed by atoms with van der Waals surface area (Å²) < 4.78 is 89.8. The van der Waals surface area contributed by atoms with E-state index in [9.17, 15) is 17.6 Å². The maximum absolute atomic E-state index is 15.7. The van der Waals surface area contributed by atoms with E-state index in [4.69, 9.17) is 19.2 Å². The first kappa shape index (κ1) is 35.0. The Morgan fingerprint density at radius 2 is 1.33 bits per heavy atom. The van der Waals surface area contributed by atoms with Crippen LogP contribution in [0.5, 0.6) is 11.5 Å². The third-order valence-corrected chi connectivity index (χ3v) is 8.72. The number of nitrogens with one attached hydrogen (secondary N) is 1. The van der Waals surface area contributed by atoms with Gasteiger partial charge in [-0.15, -0.1) is 0 Å². The van der Waals surface area contributed by atoms with Crippen molar-refractivity contribution in [2.24, 2.45) is 4.99 Å². The third-order valence-electron chi connectivity index (χ3n) is 8.72. The molecule has 1 aliphatic heterocycles. The van der Waals surface area contributed by atoms with Gasteiger partial charge in [-0.3, -0.25) is 0 Å². The number of aliphatic imine (C=N–C) groups is 1. The highest BCUT2D eigenvalue weighted by molar-refractivity contribution is 5.79. The first-order valence-electron chi connectivity index (χ1n) is 15.8. The van der Waals surface area contributed by atoms with Gasteiger partial charge < -0.3 is 19.5 Å². The van der Waals surface area contributed by atoms with Crippen molar-refractivity contribution in [3.05, 3.63) is 161 Å². The van der Waals surface area contributed by atoms with E-state index in [0.29, 0.717) is 39.3 Å². The molecule has 1 N–H and O–H groups in total. The van der Waals surface area contributed by atoms with E-state index in [0.717, 1.165) is 12.1 Å². The predicted octanol–water partition coefficient (Wildman–Crippen LogP) is 8.28. The molecule has 0 bridgehead atoms. The summed E-state index contributed by atoms with van der Waals surface area (Å²) in [6.45, 7) is 1.43. The molecule has 0 spiro atoms. The normalized spacial score (nSPS) is 17.3. The van der Waals surface area contributed by atoms with Gasteiger partial charge in [0.1, 0.15) is 22.9 Å². The van der Waals surface area contributed by atoms with Crippen LogP contribution in [0.4, 0.5) is 22.0 Å². The van der Waals surface area contributed by atoms with E-state index in [1.165, 1.54) is 45.5 Å². The highest BCUT2D eigenvalue weighted by atomic mass is 19.4. The molecule has 4 aromatic carbocycles. The summed E-state index contributed by atoms with van der Waals surface area (Å²) in [7, 11) is 3.06. The van der Waals surface area contributed by atoms with Gasteiger partial charge in [-0.25, -0.2) is 14.4 Å². The van der Waals surface area contributed by atoms with E-state index in [1.54, 1.807) is 48.5 Å². The van der Waals surface area contributed by atoms with Crippen LogP contribution in [-0.2, 0) is 15.8 Å². The highest BCUT2D eigenvalue weighted by Gasteiger charge is 2.51. The Morgan fingerprint density at radius 3 is 1.88 bits per heavy atom. The molecule has 0 saturated carbocycles. The maximum Gasteiger partial charge on any atom is 0.425 e. The molecule has 0 radical (unpaired) electrons. The molecule has 0 saturated heterocycles. The van der Waals surface area contributed by atoms with Crippen molar-refractivity contribution in [2.75, 3.05) is 14.2 Å². The van der Waals surface area contributed by atoms with Gasteiger partial charge in [0.25, 0.3) is 6.02 Å². The highest BCUT2D eigenvalue weighted by Crippen LogP contribution is 2.44. The van der Waals surface area contributed by atoms with E-state index < -0.39 is 47.6 Å². The van der Waals surface area contributed by atoms with Crippen LogP contribution >= 0.6 is 0 Å². The summed E-state index contributed by atoms with van der Waals surface area (Å²) in [6.07, 6.45) is -6.64. The van der Waals surface area contributed by atoms with E-state index in [1.807, 2.05) is 30.3 Å². The maximum atomic E-state index is 15.7. The second-order valence-corrected chi connectivity index (χ2v) is 12.1. The lowest BCUT2D eigenvalue weighted by molar-refractivity contribution is -0.209. The summed E-state index contributed by atoms with van der Waals surface area (Å²) >= 11 is 0.